The molecule has 3 heteroatoms. The van der Waals surface area contributed by atoms with E-state index in [0.29, 0.717) is 5.92 Å². The Labute approximate surface area is 102 Å². The van der Waals surface area contributed by atoms with Crippen molar-refractivity contribution < 1.29 is 9.90 Å². The van der Waals surface area contributed by atoms with Crippen molar-refractivity contribution in [2.24, 2.45) is 5.92 Å². The van der Waals surface area contributed by atoms with Crippen LogP contribution in [0.5, 0.6) is 0 Å². The number of nitrogens with zero attached hydrogens (tertiary/aromatic N) is 1. The standard InChI is InChI=1S/C14H17NO2/c1-9(2)11-4-6-12(7-5-11)10(3)13(8-15)14(16)17/h4-7,9-10,13H,1-3H3,(H,16,17). The number of benzene rings is 1. The van der Waals surface area contributed by atoms with Crippen LogP contribution in [0, 0.1) is 17.2 Å². The topological polar surface area (TPSA) is 61.1 Å². The lowest BCUT2D eigenvalue weighted by Gasteiger charge is -2.15. The fourth-order valence-electron chi connectivity index (χ4n) is 1.76. The zero-order chi connectivity index (χ0) is 13.0. The van der Waals surface area contributed by atoms with E-state index in [4.69, 9.17) is 10.4 Å². The summed E-state index contributed by atoms with van der Waals surface area (Å²) < 4.78 is 0. The van der Waals surface area contributed by atoms with Crippen molar-refractivity contribution in [3.05, 3.63) is 35.4 Å². The zero-order valence-corrected chi connectivity index (χ0v) is 10.3. The van der Waals surface area contributed by atoms with Crippen molar-refractivity contribution in [3.63, 3.8) is 0 Å². The summed E-state index contributed by atoms with van der Waals surface area (Å²) in [7, 11) is 0. The van der Waals surface area contributed by atoms with E-state index in [1.165, 1.54) is 5.56 Å². The summed E-state index contributed by atoms with van der Waals surface area (Å²) >= 11 is 0. The van der Waals surface area contributed by atoms with E-state index in [0.717, 1.165) is 5.56 Å². The van der Waals surface area contributed by atoms with Crippen LogP contribution in [0.4, 0.5) is 0 Å². The second-order valence-electron chi connectivity index (χ2n) is 4.56. The summed E-state index contributed by atoms with van der Waals surface area (Å²) in [4.78, 5) is 10.9. The quantitative estimate of drug-likeness (QED) is 0.865. The molecule has 0 aliphatic heterocycles. The van der Waals surface area contributed by atoms with Crippen molar-refractivity contribution in [1.82, 2.24) is 0 Å². The summed E-state index contributed by atoms with van der Waals surface area (Å²) in [5, 5.41) is 17.8. The third-order valence-electron chi connectivity index (χ3n) is 3.03. The molecule has 0 amide bonds. The Balaban J connectivity index is 2.94. The van der Waals surface area contributed by atoms with Crippen LogP contribution in [0.3, 0.4) is 0 Å². The van der Waals surface area contributed by atoms with Gasteiger partial charge in [0.2, 0.25) is 0 Å². The van der Waals surface area contributed by atoms with Crippen LogP contribution in [0.15, 0.2) is 24.3 Å². The van der Waals surface area contributed by atoms with Gasteiger partial charge in [-0.15, -0.1) is 0 Å². The first kappa shape index (κ1) is 13.2. The molecular formula is C14H17NO2. The predicted octanol–water partition coefficient (Wildman–Crippen LogP) is 3.14. The van der Waals surface area contributed by atoms with E-state index in [9.17, 15) is 4.79 Å². The smallest absolute Gasteiger partial charge is 0.321 e. The molecule has 0 saturated carbocycles. The van der Waals surface area contributed by atoms with Crippen molar-refractivity contribution in [3.8, 4) is 6.07 Å². The Hall–Kier alpha value is -1.82. The third kappa shape index (κ3) is 3.07. The van der Waals surface area contributed by atoms with Gasteiger partial charge in [-0.3, -0.25) is 4.79 Å². The molecule has 1 aromatic rings. The minimum Gasteiger partial charge on any atom is -0.480 e. The average molecular weight is 231 g/mol. The summed E-state index contributed by atoms with van der Waals surface area (Å²) in [6.45, 7) is 5.98. The lowest BCUT2D eigenvalue weighted by molar-refractivity contribution is -0.140. The van der Waals surface area contributed by atoms with Crippen molar-refractivity contribution >= 4 is 5.97 Å². The van der Waals surface area contributed by atoms with Crippen LogP contribution in [0.1, 0.15) is 43.7 Å². The van der Waals surface area contributed by atoms with Gasteiger partial charge in [0.25, 0.3) is 0 Å². The molecule has 0 aliphatic carbocycles. The van der Waals surface area contributed by atoms with Gasteiger partial charge >= 0.3 is 5.97 Å². The first-order chi connectivity index (χ1) is 7.97. The van der Waals surface area contributed by atoms with E-state index >= 15 is 0 Å². The van der Waals surface area contributed by atoms with Gasteiger partial charge in [0, 0.05) is 5.92 Å². The molecule has 1 rings (SSSR count). The number of carboxylic acid groups (broad SMARTS) is 1. The number of hydrogen-bond donors (Lipinski definition) is 1. The molecule has 1 N–H and O–H groups in total. The molecule has 0 fully saturated rings. The molecule has 2 atom stereocenters. The van der Waals surface area contributed by atoms with Gasteiger partial charge in [-0.1, -0.05) is 45.0 Å². The highest BCUT2D eigenvalue weighted by molar-refractivity contribution is 5.74. The molecule has 90 valence electrons. The van der Waals surface area contributed by atoms with Crippen LogP contribution < -0.4 is 0 Å². The van der Waals surface area contributed by atoms with Crippen LogP contribution in [0.2, 0.25) is 0 Å². The summed E-state index contributed by atoms with van der Waals surface area (Å²) in [6.07, 6.45) is 0. The van der Waals surface area contributed by atoms with Crippen LogP contribution in [-0.4, -0.2) is 11.1 Å². The first-order valence-corrected chi connectivity index (χ1v) is 5.69. The monoisotopic (exact) mass is 231 g/mol. The van der Waals surface area contributed by atoms with E-state index in [2.05, 4.69) is 13.8 Å². The Morgan fingerprint density at radius 1 is 1.18 bits per heavy atom. The fraction of sp³-hybridized carbons (Fsp3) is 0.429. The highest BCUT2D eigenvalue weighted by Gasteiger charge is 2.25. The Morgan fingerprint density at radius 3 is 2.00 bits per heavy atom. The number of carbonyl (C=O) groups is 1. The lowest BCUT2D eigenvalue weighted by atomic mass is 9.87. The van der Waals surface area contributed by atoms with Crippen LogP contribution >= 0.6 is 0 Å². The number of aliphatic carboxylic acids is 1. The molecule has 17 heavy (non-hydrogen) atoms. The van der Waals surface area contributed by atoms with Gasteiger partial charge in [0.1, 0.15) is 5.92 Å². The van der Waals surface area contributed by atoms with Crippen LogP contribution in [0.25, 0.3) is 0 Å². The number of rotatable bonds is 4. The molecular weight excluding hydrogens is 214 g/mol. The molecule has 2 unspecified atom stereocenters. The van der Waals surface area contributed by atoms with Crippen LogP contribution in [-0.2, 0) is 4.79 Å². The maximum absolute atomic E-state index is 10.9. The van der Waals surface area contributed by atoms with E-state index in [-0.39, 0.29) is 5.92 Å². The van der Waals surface area contributed by atoms with Crippen molar-refractivity contribution in [2.45, 2.75) is 32.6 Å². The summed E-state index contributed by atoms with van der Waals surface area (Å²) in [5.74, 6) is -1.89. The van der Waals surface area contributed by atoms with Gasteiger partial charge in [-0.25, -0.2) is 0 Å². The van der Waals surface area contributed by atoms with E-state index < -0.39 is 11.9 Å². The molecule has 0 spiro atoms. The maximum Gasteiger partial charge on any atom is 0.321 e. The average Bonchev–Trinajstić information content (AvgIpc) is 2.29. The zero-order valence-electron chi connectivity index (χ0n) is 10.3. The van der Waals surface area contributed by atoms with Crippen molar-refractivity contribution in [2.75, 3.05) is 0 Å². The Bertz CT molecular complexity index is 429. The maximum atomic E-state index is 10.9. The van der Waals surface area contributed by atoms with Gasteiger partial charge in [0.05, 0.1) is 6.07 Å². The van der Waals surface area contributed by atoms with E-state index in [1.807, 2.05) is 30.3 Å². The highest BCUT2D eigenvalue weighted by Crippen LogP contribution is 2.25. The minimum absolute atomic E-state index is 0.293. The SMILES string of the molecule is CC(C)c1ccc(C(C)C(C#N)C(=O)O)cc1. The summed E-state index contributed by atoms with van der Waals surface area (Å²) in [6, 6.07) is 9.64. The molecule has 0 radical (unpaired) electrons. The second kappa shape index (κ2) is 5.49. The number of hydrogen-bond acceptors (Lipinski definition) is 2. The Morgan fingerprint density at radius 2 is 1.65 bits per heavy atom. The van der Waals surface area contributed by atoms with Gasteiger partial charge in [0.15, 0.2) is 0 Å². The third-order valence-corrected chi connectivity index (χ3v) is 3.03. The summed E-state index contributed by atoms with van der Waals surface area (Å²) in [5.41, 5.74) is 2.10. The molecule has 0 bridgehead atoms. The first-order valence-electron chi connectivity index (χ1n) is 5.69. The molecule has 0 aliphatic rings. The largest absolute Gasteiger partial charge is 0.480 e. The molecule has 0 aromatic heterocycles. The fourth-order valence-corrected chi connectivity index (χ4v) is 1.76. The van der Waals surface area contributed by atoms with Crippen molar-refractivity contribution in [1.29, 1.82) is 5.26 Å². The molecule has 0 heterocycles. The Kier molecular flexibility index (Phi) is 4.28. The normalized spacial score (nSPS) is 14.1. The molecule has 1 aromatic carbocycles. The van der Waals surface area contributed by atoms with Gasteiger partial charge in [-0.05, 0) is 17.0 Å². The molecule has 0 saturated heterocycles. The molecule has 3 nitrogen and oxygen atoms in total. The number of nitriles is 1. The highest BCUT2D eigenvalue weighted by atomic mass is 16.4. The number of carboxylic acids is 1. The van der Waals surface area contributed by atoms with Gasteiger partial charge in [-0.2, -0.15) is 5.26 Å². The minimum atomic E-state index is -1.06. The predicted molar refractivity (Wildman–Crippen MR) is 65.7 cm³/mol. The second-order valence-corrected chi connectivity index (χ2v) is 4.56. The lowest BCUT2D eigenvalue weighted by Crippen LogP contribution is -2.18. The van der Waals surface area contributed by atoms with Gasteiger partial charge < -0.3 is 5.11 Å². The van der Waals surface area contributed by atoms with E-state index in [1.54, 1.807) is 6.92 Å².